The average Bonchev–Trinajstić information content (AvgIpc) is 2.69. The predicted molar refractivity (Wildman–Crippen MR) is 71.6 cm³/mol. The number of aliphatic carboxylic acids is 1. The smallest absolute Gasteiger partial charge is 0.305 e. The third kappa shape index (κ3) is 2.37. The first-order valence-electron chi connectivity index (χ1n) is 6.79. The van der Waals surface area contributed by atoms with E-state index in [1.54, 1.807) is 12.1 Å². The van der Waals surface area contributed by atoms with Gasteiger partial charge in [-0.1, -0.05) is 19.9 Å². The number of rotatable bonds is 5. The van der Waals surface area contributed by atoms with Gasteiger partial charge in [-0.25, -0.2) is 4.39 Å². The van der Waals surface area contributed by atoms with E-state index in [4.69, 9.17) is 0 Å². The number of fused-ring (bicyclic) bond motifs is 1. The lowest BCUT2D eigenvalue weighted by Crippen LogP contribution is -2.46. The van der Waals surface area contributed by atoms with Crippen molar-refractivity contribution in [3.05, 3.63) is 35.1 Å². The molecule has 0 saturated carbocycles. The maximum absolute atomic E-state index is 13.3. The van der Waals surface area contributed by atoms with Crippen LogP contribution in [-0.4, -0.2) is 29.1 Å². The van der Waals surface area contributed by atoms with Gasteiger partial charge in [-0.3, -0.25) is 9.69 Å². The topological polar surface area (TPSA) is 40.5 Å². The standard InChI is InChI=1S/C15H20FNO2/c1-3-17(4-2)15(10-14(18)19)8-7-11-9-12(16)5-6-13(11)15/h5-6,9H,3-4,7-8,10H2,1-2H3,(H,18,19). The molecule has 19 heavy (non-hydrogen) atoms. The maximum atomic E-state index is 13.3. The molecule has 0 amide bonds. The minimum absolute atomic E-state index is 0.0767. The van der Waals surface area contributed by atoms with E-state index in [1.807, 2.05) is 13.8 Å². The summed E-state index contributed by atoms with van der Waals surface area (Å²) in [6.45, 7) is 5.66. The van der Waals surface area contributed by atoms with Crippen LogP contribution in [0.4, 0.5) is 4.39 Å². The summed E-state index contributed by atoms with van der Waals surface area (Å²) in [7, 11) is 0. The third-order valence-electron chi connectivity index (χ3n) is 4.19. The van der Waals surface area contributed by atoms with E-state index in [-0.39, 0.29) is 12.2 Å². The molecular formula is C15H20FNO2. The van der Waals surface area contributed by atoms with Crippen molar-refractivity contribution in [3.63, 3.8) is 0 Å². The lowest BCUT2D eigenvalue weighted by molar-refractivity contribution is -0.140. The van der Waals surface area contributed by atoms with E-state index < -0.39 is 11.5 Å². The Kier molecular flexibility index (Phi) is 3.90. The van der Waals surface area contributed by atoms with Crippen LogP contribution in [-0.2, 0) is 16.8 Å². The fourth-order valence-corrected chi connectivity index (χ4v) is 3.40. The summed E-state index contributed by atoms with van der Waals surface area (Å²) in [5.74, 6) is -1.05. The molecule has 1 aliphatic carbocycles. The van der Waals surface area contributed by atoms with Crippen molar-refractivity contribution >= 4 is 5.97 Å². The Bertz CT molecular complexity index is 485. The van der Waals surface area contributed by atoms with Crippen molar-refractivity contribution in [2.45, 2.75) is 38.6 Å². The van der Waals surface area contributed by atoms with Gasteiger partial charge in [0.25, 0.3) is 0 Å². The largest absolute Gasteiger partial charge is 0.481 e. The highest BCUT2D eigenvalue weighted by Gasteiger charge is 2.44. The summed E-state index contributed by atoms with van der Waals surface area (Å²) in [6.07, 6.45) is 1.57. The SMILES string of the molecule is CCN(CC)C1(CC(=O)O)CCc2cc(F)ccc21. The molecule has 1 aromatic rings. The minimum atomic E-state index is -0.802. The number of hydrogen-bond donors (Lipinski definition) is 1. The van der Waals surface area contributed by atoms with Crippen LogP contribution in [0.15, 0.2) is 18.2 Å². The van der Waals surface area contributed by atoms with Crippen LogP contribution in [0.1, 0.15) is 37.8 Å². The normalized spacial score (nSPS) is 21.7. The van der Waals surface area contributed by atoms with Crippen molar-refractivity contribution in [2.75, 3.05) is 13.1 Å². The molecule has 3 nitrogen and oxygen atoms in total. The molecule has 0 heterocycles. The van der Waals surface area contributed by atoms with Gasteiger partial charge in [-0.2, -0.15) is 0 Å². The molecule has 0 spiro atoms. The average molecular weight is 265 g/mol. The Labute approximate surface area is 113 Å². The highest BCUT2D eigenvalue weighted by molar-refractivity contribution is 5.69. The monoisotopic (exact) mass is 265 g/mol. The van der Waals surface area contributed by atoms with Gasteiger partial charge >= 0.3 is 5.97 Å². The number of carbonyl (C=O) groups is 1. The molecule has 0 aromatic heterocycles. The van der Waals surface area contributed by atoms with Crippen LogP contribution in [0.25, 0.3) is 0 Å². The molecule has 4 heteroatoms. The molecule has 1 atom stereocenters. The summed E-state index contributed by atoms with van der Waals surface area (Å²) in [6, 6.07) is 4.74. The summed E-state index contributed by atoms with van der Waals surface area (Å²) in [5.41, 5.74) is 1.46. The molecular weight excluding hydrogens is 245 g/mol. The molecule has 2 rings (SSSR count). The molecule has 0 fully saturated rings. The second-order valence-corrected chi connectivity index (χ2v) is 5.08. The number of nitrogens with zero attached hydrogens (tertiary/aromatic N) is 1. The Morgan fingerprint density at radius 2 is 2.11 bits per heavy atom. The highest BCUT2D eigenvalue weighted by Crippen LogP contribution is 2.44. The summed E-state index contributed by atoms with van der Waals surface area (Å²) >= 11 is 0. The Morgan fingerprint density at radius 3 is 2.68 bits per heavy atom. The van der Waals surface area contributed by atoms with E-state index in [0.29, 0.717) is 0 Å². The van der Waals surface area contributed by atoms with Crippen LogP contribution < -0.4 is 0 Å². The number of carboxylic acid groups (broad SMARTS) is 1. The van der Waals surface area contributed by atoms with Gasteiger partial charge in [0.15, 0.2) is 0 Å². The number of carboxylic acids is 1. The van der Waals surface area contributed by atoms with Crippen molar-refractivity contribution in [1.82, 2.24) is 4.90 Å². The van der Waals surface area contributed by atoms with Crippen LogP contribution in [0.2, 0.25) is 0 Å². The van der Waals surface area contributed by atoms with Crippen LogP contribution in [0, 0.1) is 5.82 Å². The van der Waals surface area contributed by atoms with Gasteiger partial charge in [-0.15, -0.1) is 0 Å². The zero-order valence-corrected chi connectivity index (χ0v) is 11.4. The fraction of sp³-hybridized carbons (Fsp3) is 0.533. The summed E-state index contributed by atoms with van der Waals surface area (Å²) in [4.78, 5) is 13.5. The number of hydrogen-bond acceptors (Lipinski definition) is 2. The van der Waals surface area contributed by atoms with Crippen LogP contribution in [0.5, 0.6) is 0 Å². The van der Waals surface area contributed by atoms with Gasteiger partial charge in [0.2, 0.25) is 0 Å². The first-order valence-corrected chi connectivity index (χ1v) is 6.79. The minimum Gasteiger partial charge on any atom is -0.481 e. The molecule has 0 bridgehead atoms. The Hall–Kier alpha value is -1.42. The zero-order valence-electron chi connectivity index (χ0n) is 11.4. The molecule has 1 aromatic carbocycles. The zero-order chi connectivity index (χ0) is 14.0. The van der Waals surface area contributed by atoms with E-state index in [1.165, 1.54) is 6.07 Å². The predicted octanol–water partition coefficient (Wildman–Crippen LogP) is 2.78. The first-order chi connectivity index (χ1) is 9.03. The molecule has 0 radical (unpaired) electrons. The van der Waals surface area contributed by atoms with Gasteiger partial charge in [0.05, 0.1) is 12.0 Å². The number of halogens is 1. The van der Waals surface area contributed by atoms with E-state index in [2.05, 4.69) is 4.90 Å². The van der Waals surface area contributed by atoms with Crippen molar-refractivity contribution in [2.24, 2.45) is 0 Å². The summed E-state index contributed by atoms with van der Waals surface area (Å²) < 4.78 is 13.3. The molecule has 1 N–H and O–H groups in total. The third-order valence-corrected chi connectivity index (χ3v) is 4.19. The quantitative estimate of drug-likeness (QED) is 0.890. The molecule has 0 saturated heterocycles. The van der Waals surface area contributed by atoms with E-state index >= 15 is 0 Å². The molecule has 1 unspecified atom stereocenters. The van der Waals surface area contributed by atoms with E-state index in [9.17, 15) is 14.3 Å². The molecule has 104 valence electrons. The second kappa shape index (κ2) is 5.29. The van der Waals surface area contributed by atoms with Gasteiger partial charge in [-0.05, 0) is 49.2 Å². The summed E-state index contributed by atoms with van der Waals surface area (Å²) in [5, 5.41) is 9.26. The van der Waals surface area contributed by atoms with Gasteiger partial charge < -0.3 is 5.11 Å². The fourth-order valence-electron chi connectivity index (χ4n) is 3.40. The Balaban J connectivity index is 2.50. The van der Waals surface area contributed by atoms with Crippen LogP contribution in [0.3, 0.4) is 0 Å². The molecule has 1 aliphatic rings. The highest BCUT2D eigenvalue weighted by atomic mass is 19.1. The maximum Gasteiger partial charge on any atom is 0.305 e. The first kappa shape index (κ1) is 14.0. The number of benzene rings is 1. The molecule has 0 aliphatic heterocycles. The lowest BCUT2D eigenvalue weighted by Gasteiger charge is -2.40. The van der Waals surface area contributed by atoms with Crippen molar-refractivity contribution in [1.29, 1.82) is 0 Å². The van der Waals surface area contributed by atoms with E-state index in [0.717, 1.165) is 37.1 Å². The number of aryl methyl sites for hydroxylation is 1. The van der Waals surface area contributed by atoms with Crippen molar-refractivity contribution in [3.8, 4) is 0 Å². The van der Waals surface area contributed by atoms with Crippen molar-refractivity contribution < 1.29 is 14.3 Å². The van der Waals surface area contributed by atoms with Gasteiger partial charge in [0.1, 0.15) is 5.82 Å². The van der Waals surface area contributed by atoms with Gasteiger partial charge in [0, 0.05) is 0 Å². The second-order valence-electron chi connectivity index (χ2n) is 5.08. The lowest BCUT2D eigenvalue weighted by atomic mass is 9.86. The van der Waals surface area contributed by atoms with Crippen LogP contribution >= 0.6 is 0 Å². The Morgan fingerprint density at radius 1 is 1.42 bits per heavy atom.